The van der Waals surface area contributed by atoms with Crippen molar-refractivity contribution in [3.8, 4) is 0 Å². The van der Waals surface area contributed by atoms with Crippen molar-refractivity contribution in [2.75, 3.05) is 0 Å². The third kappa shape index (κ3) is 3.71. The van der Waals surface area contributed by atoms with Gasteiger partial charge in [0.2, 0.25) is 8.32 Å². The maximum Gasteiger partial charge on any atom is 0.265 e. The van der Waals surface area contributed by atoms with E-state index in [0.29, 0.717) is 16.9 Å². The van der Waals surface area contributed by atoms with Crippen molar-refractivity contribution in [3.63, 3.8) is 0 Å². The van der Waals surface area contributed by atoms with Gasteiger partial charge in [-0.05, 0) is 48.3 Å². The molecule has 1 aliphatic carbocycles. The first-order chi connectivity index (χ1) is 10.3. The van der Waals surface area contributed by atoms with Crippen molar-refractivity contribution in [2.45, 2.75) is 64.1 Å². The van der Waals surface area contributed by atoms with E-state index in [4.69, 9.17) is 4.43 Å². The molecular weight excluding hydrogens is 378 g/mol. The molecule has 0 bridgehead atoms. The Labute approximate surface area is 147 Å². The molecule has 1 aromatic carbocycles. The maximum absolute atomic E-state index is 14.6. The molecule has 1 aliphatic rings. The predicted molar refractivity (Wildman–Crippen MR) is 97.4 cm³/mol. The lowest BCUT2D eigenvalue weighted by Gasteiger charge is -2.37. The minimum absolute atomic E-state index is 0.00867. The number of allylic oxidation sites excluding steroid dienone is 2. The molecule has 1 nitrogen and oxygen atoms in total. The molecule has 128 valence electrons. The van der Waals surface area contributed by atoms with Crippen LogP contribution >= 0.6 is 15.9 Å². The van der Waals surface area contributed by atoms with Crippen LogP contribution in [0.3, 0.4) is 0 Å². The fraction of sp³-hybridized carbons (Fsp3) is 0.556. The molecule has 0 saturated carbocycles. The smallest absolute Gasteiger partial charge is 0.265 e. The fourth-order valence-electron chi connectivity index (χ4n) is 2.66. The second-order valence-corrected chi connectivity index (χ2v) is 13.5. The first-order valence-electron chi connectivity index (χ1n) is 7.87. The summed E-state index contributed by atoms with van der Waals surface area (Å²) in [6.45, 7) is 12.3. The van der Waals surface area contributed by atoms with Crippen LogP contribution < -0.4 is 0 Å². The van der Waals surface area contributed by atoms with Crippen LogP contribution in [0.5, 0.6) is 0 Å². The summed E-state index contributed by atoms with van der Waals surface area (Å²) in [5.74, 6) is -3.19. The van der Waals surface area contributed by atoms with E-state index in [1.165, 1.54) is 0 Å². The van der Waals surface area contributed by atoms with Gasteiger partial charge in [0.25, 0.3) is 5.92 Å². The van der Waals surface area contributed by atoms with E-state index in [2.05, 4.69) is 49.8 Å². The van der Waals surface area contributed by atoms with E-state index in [0.717, 1.165) is 4.47 Å². The monoisotopic (exact) mass is 402 g/mol. The average molecular weight is 403 g/mol. The molecule has 0 radical (unpaired) electrons. The molecule has 0 aliphatic heterocycles. The van der Waals surface area contributed by atoms with E-state index in [-0.39, 0.29) is 11.5 Å². The molecule has 23 heavy (non-hydrogen) atoms. The van der Waals surface area contributed by atoms with Gasteiger partial charge in [-0.25, -0.2) is 8.78 Å². The highest BCUT2D eigenvalue weighted by atomic mass is 79.9. The van der Waals surface area contributed by atoms with Crippen molar-refractivity contribution in [2.24, 2.45) is 0 Å². The zero-order valence-corrected chi connectivity index (χ0v) is 17.2. The van der Waals surface area contributed by atoms with Crippen LogP contribution in [0.25, 0.3) is 0 Å². The normalized spacial score (nSPS) is 21.7. The number of halogens is 3. The Balaban J connectivity index is 2.37. The van der Waals surface area contributed by atoms with Gasteiger partial charge in [-0.3, -0.25) is 0 Å². The Morgan fingerprint density at radius 2 is 1.70 bits per heavy atom. The van der Waals surface area contributed by atoms with Crippen molar-refractivity contribution in [1.82, 2.24) is 0 Å². The highest BCUT2D eigenvalue weighted by molar-refractivity contribution is 9.10. The number of benzene rings is 1. The van der Waals surface area contributed by atoms with Crippen LogP contribution in [0.1, 0.15) is 45.6 Å². The Morgan fingerprint density at radius 1 is 1.17 bits per heavy atom. The van der Waals surface area contributed by atoms with Crippen LogP contribution in [-0.2, 0) is 4.43 Å². The van der Waals surface area contributed by atoms with Crippen LogP contribution in [0, 0.1) is 0 Å². The average Bonchev–Trinajstić information content (AvgIpc) is 2.59. The van der Waals surface area contributed by atoms with Gasteiger partial charge in [-0.15, -0.1) is 0 Å². The lowest BCUT2D eigenvalue weighted by Crippen LogP contribution is -2.40. The van der Waals surface area contributed by atoms with Gasteiger partial charge < -0.3 is 4.43 Å². The quantitative estimate of drug-likeness (QED) is 0.501. The van der Waals surface area contributed by atoms with Crippen molar-refractivity contribution in [3.05, 3.63) is 45.6 Å². The molecule has 0 spiro atoms. The molecule has 0 heterocycles. The summed E-state index contributed by atoms with van der Waals surface area (Å²) < 4.78 is 36.4. The third-order valence-corrected chi connectivity index (χ3v) is 9.98. The van der Waals surface area contributed by atoms with E-state index in [1.54, 1.807) is 19.1 Å². The van der Waals surface area contributed by atoms with Gasteiger partial charge in [0, 0.05) is 4.47 Å². The van der Waals surface area contributed by atoms with Crippen molar-refractivity contribution >= 4 is 24.2 Å². The van der Waals surface area contributed by atoms with Gasteiger partial charge >= 0.3 is 0 Å². The molecule has 1 atom stereocenters. The number of alkyl halides is 2. The molecule has 1 aromatic rings. The largest absolute Gasteiger partial charge is 0.546 e. The number of hydrogen-bond acceptors (Lipinski definition) is 1. The van der Waals surface area contributed by atoms with Gasteiger partial charge in [0.15, 0.2) is 0 Å². The van der Waals surface area contributed by atoms with Gasteiger partial charge in [-0.1, -0.05) is 48.8 Å². The second kappa shape index (κ2) is 5.99. The lowest BCUT2D eigenvalue weighted by molar-refractivity contribution is -0.00943. The standard InChI is InChI=1S/C18H25BrF2OSi/c1-12-15(22-23(5,6)17(2,3)4)11-18(20,21)16(12)13-7-9-14(19)10-8-13/h7-10,16H,11H2,1-6H3. The van der Waals surface area contributed by atoms with Crippen molar-refractivity contribution in [1.29, 1.82) is 0 Å². The van der Waals surface area contributed by atoms with Crippen LogP contribution in [-0.4, -0.2) is 14.2 Å². The summed E-state index contributed by atoms with van der Waals surface area (Å²) in [4.78, 5) is 0. The second-order valence-electron chi connectivity index (χ2n) is 7.89. The summed E-state index contributed by atoms with van der Waals surface area (Å²) >= 11 is 3.35. The third-order valence-electron chi connectivity index (χ3n) is 5.08. The van der Waals surface area contributed by atoms with Crippen LogP contribution in [0.4, 0.5) is 8.78 Å². The van der Waals surface area contributed by atoms with E-state index >= 15 is 0 Å². The van der Waals surface area contributed by atoms with Gasteiger partial charge in [0.05, 0.1) is 18.1 Å². The summed E-state index contributed by atoms with van der Waals surface area (Å²) in [7, 11) is -2.11. The Hall–Kier alpha value is -0.683. The van der Waals surface area contributed by atoms with E-state index in [9.17, 15) is 8.78 Å². The SMILES string of the molecule is CC1=C(O[Si](C)(C)C(C)(C)C)CC(F)(F)C1c1ccc(Br)cc1. The zero-order chi connectivity index (χ0) is 17.6. The topological polar surface area (TPSA) is 9.23 Å². The first-order valence-corrected chi connectivity index (χ1v) is 11.6. The van der Waals surface area contributed by atoms with Crippen molar-refractivity contribution < 1.29 is 13.2 Å². The summed E-state index contributed by atoms with van der Waals surface area (Å²) in [6.07, 6.45) is -0.300. The minimum Gasteiger partial charge on any atom is -0.546 e. The number of rotatable bonds is 3. The highest BCUT2D eigenvalue weighted by Crippen LogP contribution is 2.52. The molecule has 5 heteroatoms. The number of hydrogen-bond donors (Lipinski definition) is 0. The molecule has 0 aromatic heterocycles. The summed E-state index contributed by atoms with van der Waals surface area (Å²) in [5, 5.41) is -0.00867. The molecule has 1 unspecified atom stereocenters. The highest BCUT2D eigenvalue weighted by Gasteiger charge is 2.51. The lowest BCUT2D eigenvalue weighted by atomic mass is 9.91. The Morgan fingerprint density at radius 3 is 2.17 bits per heavy atom. The molecule has 0 fully saturated rings. The Bertz CT molecular complexity index is 615. The van der Waals surface area contributed by atoms with E-state index < -0.39 is 20.2 Å². The summed E-state index contributed by atoms with van der Waals surface area (Å²) in [5.41, 5.74) is 1.31. The van der Waals surface area contributed by atoms with Crippen LogP contribution in [0.2, 0.25) is 18.1 Å². The molecule has 0 amide bonds. The molecule has 0 saturated heterocycles. The predicted octanol–water partition coefficient (Wildman–Crippen LogP) is 6.87. The summed E-state index contributed by atoms with van der Waals surface area (Å²) in [6, 6.07) is 7.15. The maximum atomic E-state index is 14.6. The molecule has 0 N–H and O–H groups in total. The minimum atomic E-state index is -2.80. The Kier molecular flexibility index (Phi) is 4.86. The van der Waals surface area contributed by atoms with Gasteiger partial charge in [-0.2, -0.15) is 0 Å². The van der Waals surface area contributed by atoms with E-state index in [1.807, 2.05) is 12.1 Å². The molecular formula is C18H25BrF2OSi. The zero-order valence-electron chi connectivity index (χ0n) is 14.6. The first kappa shape index (κ1) is 18.7. The van der Waals surface area contributed by atoms with Gasteiger partial charge in [0.1, 0.15) is 0 Å². The fourth-order valence-corrected chi connectivity index (χ4v) is 4.08. The molecule has 2 rings (SSSR count). The van der Waals surface area contributed by atoms with Crippen LogP contribution in [0.15, 0.2) is 40.1 Å².